The van der Waals surface area contributed by atoms with Crippen molar-refractivity contribution in [2.75, 3.05) is 6.54 Å². The van der Waals surface area contributed by atoms with Gasteiger partial charge in [-0.2, -0.15) is 0 Å². The minimum atomic E-state index is -0.0581. The molecule has 3 aromatic rings. The summed E-state index contributed by atoms with van der Waals surface area (Å²) in [5.41, 5.74) is 3.98. The Balaban J connectivity index is 1.53. The fraction of sp³-hybridized carbons (Fsp3) is 0.261. The van der Waals surface area contributed by atoms with E-state index in [-0.39, 0.29) is 11.3 Å². The highest BCUT2D eigenvalue weighted by Crippen LogP contribution is 2.22. The topological polar surface area (TPSA) is 54.9 Å². The number of hydrogen-bond acceptors (Lipinski definition) is 3. The minimum absolute atomic E-state index is 0.0581. The van der Waals surface area contributed by atoms with E-state index in [2.05, 4.69) is 36.1 Å². The number of rotatable bonds is 5. The van der Waals surface area contributed by atoms with Gasteiger partial charge in [0, 0.05) is 30.1 Å². The average Bonchev–Trinajstić information content (AvgIpc) is 2.68. The molecular formula is C23H25N3O. The molecule has 0 atom stereocenters. The second-order valence-corrected chi connectivity index (χ2v) is 7.61. The Kier molecular flexibility index (Phi) is 5.65. The Morgan fingerprint density at radius 3 is 2.15 bits per heavy atom. The van der Waals surface area contributed by atoms with Crippen LogP contribution in [0.3, 0.4) is 0 Å². The molecule has 27 heavy (non-hydrogen) atoms. The molecule has 4 nitrogen and oxygen atoms in total. The van der Waals surface area contributed by atoms with Crippen molar-refractivity contribution in [1.82, 2.24) is 15.3 Å². The lowest BCUT2D eigenvalue weighted by Gasteiger charge is -2.19. The van der Waals surface area contributed by atoms with Gasteiger partial charge in [-0.25, -0.2) is 9.97 Å². The first-order valence-electron chi connectivity index (χ1n) is 9.18. The molecule has 2 aromatic carbocycles. The number of amides is 1. The molecule has 1 amide bonds. The summed E-state index contributed by atoms with van der Waals surface area (Å²) in [7, 11) is 0. The second-order valence-electron chi connectivity index (χ2n) is 7.61. The zero-order chi connectivity index (χ0) is 19.3. The third-order valence-corrected chi connectivity index (χ3v) is 4.45. The Labute approximate surface area is 160 Å². The fourth-order valence-corrected chi connectivity index (χ4v) is 2.76. The summed E-state index contributed by atoms with van der Waals surface area (Å²) in [4.78, 5) is 21.1. The quantitative estimate of drug-likeness (QED) is 0.734. The summed E-state index contributed by atoms with van der Waals surface area (Å²) in [5.74, 6) is 0.652. The lowest BCUT2D eigenvalue weighted by molar-refractivity contribution is 0.0954. The summed E-state index contributed by atoms with van der Waals surface area (Å²) < 4.78 is 0. The van der Waals surface area contributed by atoms with Crippen molar-refractivity contribution in [1.29, 1.82) is 0 Å². The Hall–Kier alpha value is -3.01. The van der Waals surface area contributed by atoms with Gasteiger partial charge in [0.25, 0.3) is 5.91 Å². The number of hydrogen-bond donors (Lipinski definition) is 1. The first-order valence-corrected chi connectivity index (χ1v) is 9.18. The van der Waals surface area contributed by atoms with Crippen LogP contribution >= 0.6 is 0 Å². The van der Waals surface area contributed by atoms with Crippen LogP contribution in [0.15, 0.2) is 67.0 Å². The number of benzene rings is 2. The third kappa shape index (κ3) is 5.00. The molecule has 4 heteroatoms. The zero-order valence-electron chi connectivity index (χ0n) is 16.1. The van der Waals surface area contributed by atoms with Gasteiger partial charge in [0.05, 0.1) is 0 Å². The van der Waals surface area contributed by atoms with Gasteiger partial charge in [0.1, 0.15) is 0 Å². The smallest absolute Gasteiger partial charge is 0.251 e. The Morgan fingerprint density at radius 1 is 0.926 bits per heavy atom. The van der Waals surface area contributed by atoms with Crippen molar-refractivity contribution >= 4 is 5.91 Å². The van der Waals surface area contributed by atoms with E-state index in [9.17, 15) is 4.79 Å². The van der Waals surface area contributed by atoms with Gasteiger partial charge < -0.3 is 5.32 Å². The van der Waals surface area contributed by atoms with E-state index in [0.717, 1.165) is 11.1 Å². The molecule has 0 fully saturated rings. The van der Waals surface area contributed by atoms with Crippen LogP contribution < -0.4 is 5.32 Å². The van der Waals surface area contributed by atoms with Crippen molar-refractivity contribution in [3.8, 4) is 11.4 Å². The molecule has 0 radical (unpaired) electrons. The molecule has 0 aliphatic rings. The maximum atomic E-state index is 12.3. The fourth-order valence-electron chi connectivity index (χ4n) is 2.76. The number of aromatic nitrogens is 2. The van der Waals surface area contributed by atoms with E-state index >= 15 is 0 Å². The summed E-state index contributed by atoms with van der Waals surface area (Å²) in [6.07, 6.45) is 4.33. The van der Waals surface area contributed by atoms with Crippen LogP contribution in [0.1, 0.15) is 42.3 Å². The van der Waals surface area contributed by atoms with E-state index in [1.807, 2.05) is 67.0 Å². The third-order valence-electron chi connectivity index (χ3n) is 4.45. The lowest BCUT2D eigenvalue weighted by Crippen LogP contribution is -2.26. The molecule has 1 N–H and O–H groups in total. The highest BCUT2D eigenvalue weighted by atomic mass is 16.1. The number of carbonyl (C=O) groups is 1. The SMILES string of the molecule is CC(C)(C)c1ccc(C(=O)NCCc2cnc(-c3ccccc3)nc2)cc1. The highest BCUT2D eigenvalue weighted by Gasteiger charge is 2.14. The molecule has 0 unspecified atom stereocenters. The molecule has 138 valence electrons. The first-order chi connectivity index (χ1) is 12.9. The van der Waals surface area contributed by atoms with Crippen LogP contribution in [-0.4, -0.2) is 22.4 Å². The highest BCUT2D eigenvalue weighted by molar-refractivity contribution is 5.94. The molecule has 0 aliphatic carbocycles. The molecule has 0 saturated heterocycles. The van der Waals surface area contributed by atoms with Crippen LogP contribution in [0.2, 0.25) is 0 Å². The molecule has 0 aliphatic heterocycles. The molecule has 0 saturated carbocycles. The van der Waals surface area contributed by atoms with Crippen LogP contribution in [0, 0.1) is 0 Å². The zero-order valence-corrected chi connectivity index (χ0v) is 16.1. The maximum absolute atomic E-state index is 12.3. The summed E-state index contributed by atoms with van der Waals surface area (Å²) in [6.45, 7) is 7.03. The molecular weight excluding hydrogens is 334 g/mol. The van der Waals surface area contributed by atoms with E-state index < -0.39 is 0 Å². The molecule has 0 spiro atoms. The maximum Gasteiger partial charge on any atom is 0.251 e. The van der Waals surface area contributed by atoms with Gasteiger partial charge in [-0.3, -0.25) is 4.79 Å². The van der Waals surface area contributed by atoms with E-state index in [0.29, 0.717) is 24.4 Å². The normalized spacial score (nSPS) is 11.2. The van der Waals surface area contributed by atoms with Gasteiger partial charge in [-0.05, 0) is 35.1 Å². The van der Waals surface area contributed by atoms with Crippen LogP contribution in [0.25, 0.3) is 11.4 Å². The van der Waals surface area contributed by atoms with E-state index in [1.165, 1.54) is 5.56 Å². The van der Waals surface area contributed by atoms with Gasteiger partial charge in [-0.1, -0.05) is 63.2 Å². The number of nitrogens with one attached hydrogen (secondary N) is 1. The van der Waals surface area contributed by atoms with Crippen LogP contribution in [0.4, 0.5) is 0 Å². The second kappa shape index (κ2) is 8.12. The molecule has 0 bridgehead atoms. The van der Waals surface area contributed by atoms with Crippen LogP contribution in [-0.2, 0) is 11.8 Å². The Morgan fingerprint density at radius 2 is 1.56 bits per heavy atom. The Bertz CT molecular complexity index is 880. The van der Waals surface area contributed by atoms with Gasteiger partial charge in [-0.15, -0.1) is 0 Å². The molecule has 1 heterocycles. The van der Waals surface area contributed by atoms with E-state index in [1.54, 1.807) is 0 Å². The predicted octanol–water partition coefficient (Wildman–Crippen LogP) is 4.41. The predicted molar refractivity (Wildman–Crippen MR) is 109 cm³/mol. The monoisotopic (exact) mass is 359 g/mol. The van der Waals surface area contributed by atoms with Gasteiger partial charge in [0.15, 0.2) is 5.82 Å². The van der Waals surface area contributed by atoms with Crippen molar-refractivity contribution in [3.63, 3.8) is 0 Å². The first kappa shape index (κ1) is 18.8. The molecule has 3 rings (SSSR count). The minimum Gasteiger partial charge on any atom is -0.352 e. The summed E-state index contributed by atoms with van der Waals surface area (Å²) in [5, 5.41) is 2.96. The standard InChI is InChI=1S/C23H25N3O/c1-23(2,3)20-11-9-19(10-12-20)22(27)24-14-13-17-15-25-21(26-16-17)18-7-5-4-6-8-18/h4-12,15-16H,13-14H2,1-3H3,(H,24,27). The summed E-state index contributed by atoms with van der Waals surface area (Å²) in [6, 6.07) is 17.7. The van der Waals surface area contributed by atoms with Crippen molar-refractivity contribution < 1.29 is 4.79 Å². The summed E-state index contributed by atoms with van der Waals surface area (Å²) >= 11 is 0. The van der Waals surface area contributed by atoms with E-state index in [4.69, 9.17) is 0 Å². The van der Waals surface area contributed by atoms with Gasteiger partial charge >= 0.3 is 0 Å². The van der Waals surface area contributed by atoms with Gasteiger partial charge in [0.2, 0.25) is 0 Å². The number of carbonyl (C=O) groups excluding carboxylic acids is 1. The van der Waals surface area contributed by atoms with Crippen molar-refractivity contribution in [2.45, 2.75) is 32.6 Å². The number of nitrogens with zero attached hydrogens (tertiary/aromatic N) is 2. The molecule has 1 aromatic heterocycles. The van der Waals surface area contributed by atoms with Crippen molar-refractivity contribution in [3.05, 3.63) is 83.7 Å². The largest absolute Gasteiger partial charge is 0.352 e. The average molecular weight is 359 g/mol. The van der Waals surface area contributed by atoms with Crippen molar-refractivity contribution in [2.24, 2.45) is 0 Å². The lowest BCUT2D eigenvalue weighted by atomic mass is 9.87. The van der Waals surface area contributed by atoms with Crippen LogP contribution in [0.5, 0.6) is 0 Å².